The molecular weight excluding hydrogens is 276 g/mol. The highest BCUT2D eigenvalue weighted by molar-refractivity contribution is 5.80. The molecule has 0 bridgehead atoms. The number of amides is 1. The number of likely N-dealkylation sites (N-methyl/N-ethyl adjacent to an activating group) is 1. The van der Waals surface area contributed by atoms with Gasteiger partial charge in [0.15, 0.2) is 0 Å². The van der Waals surface area contributed by atoms with Gasteiger partial charge in [0, 0.05) is 12.6 Å². The van der Waals surface area contributed by atoms with Crippen LogP contribution in [-0.4, -0.2) is 30.6 Å². The van der Waals surface area contributed by atoms with Crippen molar-refractivity contribution in [3.8, 4) is 0 Å². The van der Waals surface area contributed by atoms with Crippen LogP contribution in [-0.2, 0) is 9.53 Å². The summed E-state index contributed by atoms with van der Waals surface area (Å²) in [5.74, 6) is -0.692. The van der Waals surface area contributed by atoms with Crippen molar-refractivity contribution in [1.82, 2.24) is 4.90 Å². The van der Waals surface area contributed by atoms with Crippen LogP contribution in [0.2, 0.25) is 0 Å². The molecule has 1 aromatic carbocycles. The summed E-state index contributed by atoms with van der Waals surface area (Å²) in [6, 6.07) is 2.71. The summed E-state index contributed by atoms with van der Waals surface area (Å²) in [4.78, 5) is 13.7. The van der Waals surface area contributed by atoms with Gasteiger partial charge in [-0.3, -0.25) is 4.79 Å². The molecule has 5 heteroatoms. The van der Waals surface area contributed by atoms with Gasteiger partial charge in [0.1, 0.15) is 17.7 Å². The third-order valence-corrected chi connectivity index (χ3v) is 3.96. The number of rotatable bonds is 6. The van der Waals surface area contributed by atoms with Gasteiger partial charge in [0.2, 0.25) is 0 Å². The van der Waals surface area contributed by atoms with Crippen LogP contribution in [0.15, 0.2) is 18.2 Å². The van der Waals surface area contributed by atoms with E-state index in [0.29, 0.717) is 12.5 Å². The molecule has 21 heavy (non-hydrogen) atoms. The van der Waals surface area contributed by atoms with Crippen molar-refractivity contribution in [3.63, 3.8) is 0 Å². The lowest BCUT2D eigenvalue weighted by atomic mass is 10.1. The highest BCUT2D eigenvalue weighted by Gasteiger charge is 2.28. The van der Waals surface area contributed by atoms with Crippen molar-refractivity contribution < 1.29 is 18.3 Å². The second-order valence-electron chi connectivity index (χ2n) is 5.71. The Balaban J connectivity index is 2.01. The second-order valence-corrected chi connectivity index (χ2v) is 5.71. The van der Waals surface area contributed by atoms with E-state index in [4.69, 9.17) is 4.74 Å². The molecule has 2 unspecified atom stereocenters. The van der Waals surface area contributed by atoms with Crippen LogP contribution in [0.4, 0.5) is 8.78 Å². The van der Waals surface area contributed by atoms with Crippen molar-refractivity contribution in [2.24, 2.45) is 5.92 Å². The summed E-state index contributed by atoms with van der Waals surface area (Å²) in [5.41, 5.74) is 0.167. The Labute approximate surface area is 123 Å². The van der Waals surface area contributed by atoms with E-state index in [1.54, 1.807) is 20.9 Å². The maximum Gasteiger partial charge on any atom is 0.251 e. The van der Waals surface area contributed by atoms with E-state index in [0.717, 1.165) is 31.0 Å². The lowest BCUT2D eigenvalue weighted by molar-refractivity contribution is -0.143. The fraction of sp³-hybridized carbons (Fsp3) is 0.562. The van der Waals surface area contributed by atoms with E-state index in [-0.39, 0.29) is 11.5 Å². The maximum absolute atomic E-state index is 13.8. The number of carbonyl (C=O) groups excluding carboxylic acids is 1. The number of benzene rings is 1. The van der Waals surface area contributed by atoms with Gasteiger partial charge in [0.25, 0.3) is 5.91 Å². The number of halogens is 2. The number of hydrogen-bond acceptors (Lipinski definition) is 2. The molecule has 1 amide bonds. The van der Waals surface area contributed by atoms with Crippen molar-refractivity contribution >= 4 is 5.91 Å². The first kappa shape index (κ1) is 15.9. The van der Waals surface area contributed by atoms with E-state index in [1.807, 2.05) is 0 Å². The molecule has 0 spiro atoms. The first-order valence-corrected chi connectivity index (χ1v) is 7.23. The van der Waals surface area contributed by atoms with Crippen molar-refractivity contribution in [2.45, 2.75) is 38.8 Å². The van der Waals surface area contributed by atoms with Gasteiger partial charge in [0.05, 0.1) is 12.6 Å². The van der Waals surface area contributed by atoms with Crippen LogP contribution in [0, 0.1) is 17.6 Å². The molecule has 1 fully saturated rings. The minimum absolute atomic E-state index is 0.167. The predicted octanol–water partition coefficient (Wildman–Crippen LogP) is 3.30. The molecule has 3 nitrogen and oxygen atoms in total. The standard InChI is InChI=1S/C16H21F2NO2/c1-10(14-8-13(17)6-7-15(14)18)19(3)16(20)11(2)21-9-12-4-5-12/h6-8,10-12H,4-5,9H2,1-3H3. The Hall–Kier alpha value is -1.49. The molecule has 116 valence electrons. The van der Waals surface area contributed by atoms with Gasteiger partial charge in [-0.15, -0.1) is 0 Å². The third kappa shape index (κ3) is 4.00. The normalized spacial score (nSPS) is 17.4. The summed E-state index contributed by atoms with van der Waals surface area (Å²) in [6.45, 7) is 3.95. The average Bonchev–Trinajstić information content (AvgIpc) is 3.29. The highest BCUT2D eigenvalue weighted by atomic mass is 19.1. The molecule has 2 rings (SSSR count). The minimum atomic E-state index is -0.574. The number of hydrogen-bond donors (Lipinski definition) is 0. The molecule has 0 heterocycles. The molecule has 1 aliphatic rings. The van der Waals surface area contributed by atoms with E-state index in [2.05, 4.69) is 0 Å². The molecule has 1 aromatic rings. The van der Waals surface area contributed by atoms with Crippen molar-refractivity contribution in [1.29, 1.82) is 0 Å². The second kappa shape index (κ2) is 6.52. The first-order valence-electron chi connectivity index (χ1n) is 7.23. The van der Waals surface area contributed by atoms with E-state index < -0.39 is 23.8 Å². The molecular formula is C16H21F2NO2. The van der Waals surface area contributed by atoms with Crippen LogP contribution >= 0.6 is 0 Å². The van der Waals surface area contributed by atoms with Gasteiger partial charge in [-0.05, 0) is 50.8 Å². The van der Waals surface area contributed by atoms with Crippen LogP contribution in [0.5, 0.6) is 0 Å². The Morgan fingerprint density at radius 1 is 1.38 bits per heavy atom. The van der Waals surface area contributed by atoms with E-state index in [1.165, 1.54) is 4.90 Å². The quantitative estimate of drug-likeness (QED) is 0.806. The summed E-state index contributed by atoms with van der Waals surface area (Å²) >= 11 is 0. The third-order valence-electron chi connectivity index (χ3n) is 3.96. The number of carbonyl (C=O) groups is 1. The zero-order valence-corrected chi connectivity index (χ0v) is 12.6. The van der Waals surface area contributed by atoms with Gasteiger partial charge in [-0.1, -0.05) is 0 Å². The van der Waals surface area contributed by atoms with Crippen LogP contribution in [0.25, 0.3) is 0 Å². The molecule has 0 aromatic heterocycles. The average molecular weight is 297 g/mol. The number of ether oxygens (including phenoxy) is 1. The molecule has 1 aliphatic carbocycles. The molecule has 0 radical (unpaired) electrons. The Morgan fingerprint density at radius 3 is 2.67 bits per heavy atom. The Morgan fingerprint density at radius 2 is 2.05 bits per heavy atom. The fourth-order valence-electron chi connectivity index (χ4n) is 2.16. The van der Waals surface area contributed by atoms with Gasteiger partial charge in [-0.2, -0.15) is 0 Å². The topological polar surface area (TPSA) is 29.5 Å². The summed E-state index contributed by atoms with van der Waals surface area (Å²) in [5, 5.41) is 0. The lowest BCUT2D eigenvalue weighted by Crippen LogP contribution is -2.38. The molecule has 2 atom stereocenters. The van der Waals surface area contributed by atoms with Gasteiger partial charge >= 0.3 is 0 Å². The van der Waals surface area contributed by atoms with Gasteiger partial charge < -0.3 is 9.64 Å². The highest BCUT2D eigenvalue weighted by Crippen LogP contribution is 2.29. The van der Waals surface area contributed by atoms with Crippen LogP contribution < -0.4 is 0 Å². The zero-order valence-electron chi connectivity index (χ0n) is 12.6. The summed E-state index contributed by atoms with van der Waals surface area (Å²) in [7, 11) is 1.58. The molecule has 0 N–H and O–H groups in total. The molecule has 0 saturated heterocycles. The lowest BCUT2D eigenvalue weighted by Gasteiger charge is -2.28. The SMILES string of the molecule is CC(OCC1CC1)C(=O)N(C)C(C)c1cc(F)ccc1F. The fourth-order valence-corrected chi connectivity index (χ4v) is 2.16. The van der Waals surface area contributed by atoms with Crippen molar-refractivity contribution in [2.75, 3.05) is 13.7 Å². The first-order chi connectivity index (χ1) is 9.90. The minimum Gasteiger partial charge on any atom is -0.368 e. The monoisotopic (exact) mass is 297 g/mol. The van der Waals surface area contributed by atoms with Gasteiger partial charge in [-0.25, -0.2) is 8.78 Å². The predicted molar refractivity (Wildman–Crippen MR) is 75.7 cm³/mol. The zero-order chi connectivity index (χ0) is 15.6. The number of nitrogens with zero attached hydrogens (tertiary/aromatic N) is 1. The smallest absolute Gasteiger partial charge is 0.251 e. The summed E-state index contributed by atoms with van der Waals surface area (Å²) in [6.07, 6.45) is 1.73. The van der Waals surface area contributed by atoms with E-state index in [9.17, 15) is 13.6 Å². The molecule has 1 saturated carbocycles. The Bertz CT molecular complexity index is 517. The van der Waals surface area contributed by atoms with Crippen molar-refractivity contribution in [3.05, 3.63) is 35.4 Å². The maximum atomic E-state index is 13.8. The molecule has 0 aliphatic heterocycles. The van der Waals surface area contributed by atoms with Crippen LogP contribution in [0.1, 0.15) is 38.3 Å². The van der Waals surface area contributed by atoms with E-state index >= 15 is 0 Å². The Kier molecular flexibility index (Phi) is 4.93. The van der Waals surface area contributed by atoms with Crippen LogP contribution in [0.3, 0.4) is 0 Å². The largest absolute Gasteiger partial charge is 0.368 e. The summed E-state index contributed by atoms with van der Waals surface area (Å²) < 4.78 is 32.6.